The van der Waals surface area contributed by atoms with Crippen molar-refractivity contribution >= 4 is 29.1 Å². The summed E-state index contributed by atoms with van der Waals surface area (Å²) < 4.78 is 4.48. The molecule has 5 heteroatoms. The van der Waals surface area contributed by atoms with Crippen LogP contribution in [0.1, 0.15) is 24.8 Å². The third kappa shape index (κ3) is 4.26. The van der Waals surface area contributed by atoms with Crippen molar-refractivity contribution < 1.29 is 9.90 Å². The summed E-state index contributed by atoms with van der Waals surface area (Å²) in [5, 5.41) is 12.9. The maximum Gasteiger partial charge on any atom is 0.430 e. The lowest BCUT2D eigenvalue weighted by Gasteiger charge is -2.31. The lowest BCUT2D eigenvalue weighted by Crippen LogP contribution is -2.33. The summed E-state index contributed by atoms with van der Waals surface area (Å²) in [5.74, 6) is 0. The molecule has 1 aliphatic rings. The highest BCUT2D eigenvalue weighted by Crippen LogP contribution is 2.47. The van der Waals surface area contributed by atoms with Gasteiger partial charge in [-0.05, 0) is 31.5 Å². The molecule has 3 aromatic rings. The van der Waals surface area contributed by atoms with Crippen molar-refractivity contribution in [3.05, 3.63) is 90.5 Å². The Kier molecular flexibility index (Phi) is 6.47. The predicted molar refractivity (Wildman–Crippen MR) is 125 cm³/mol. The van der Waals surface area contributed by atoms with Crippen LogP contribution in [0.3, 0.4) is 0 Å². The summed E-state index contributed by atoms with van der Waals surface area (Å²) in [5.41, 5.74) is 1.17. The zero-order chi connectivity index (χ0) is 20.8. The monoisotopic (exact) mass is 418 g/mol. The molecule has 0 aliphatic carbocycles. The zero-order valence-corrected chi connectivity index (χ0v) is 17.9. The highest BCUT2D eigenvalue weighted by Gasteiger charge is 2.31. The number of hydrogen-bond acceptors (Lipinski definition) is 2. The fourth-order valence-corrected chi connectivity index (χ4v) is 7.85. The summed E-state index contributed by atoms with van der Waals surface area (Å²) in [6, 6.07) is 28.2. The highest BCUT2D eigenvalue weighted by atomic mass is 31.2. The number of likely N-dealkylation sites (tertiary alicyclic amines) is 1. The molecule has 0 aromatic heterocycles. The average Bonchev–Trinajstić information content (AvgIpc) is 2.80. The molecule has 0 radical (unpaired) electrons. The van der Waals surface area contributed by atoms with Crippen LogP contribution in [0.2, 0.25) is 0 Å². The minimum atomic E-state index is -2.72. The summed E-state index contributed by atoms with van der Waals surface area (Å²) in [4.78, 5) is 14.6. The average molecular weight is 418 g/mol. The van der Waals surface area contributed by atoms with E-state index < -0.39 is 13.1 Å². The van der Waals surface area contributed by atoms with Gasteiger partial charge in [-0.2, -0.15) is 4.74 Å². The van der Waals surface area contributed by atoms with E-state index in [9.17, 15) is 9.90 Å². The normalized spacial score (nSPS) is 14.9. The molecular formula is C25H27N2O2P. The van der Waals surface area contributed by atoms with Gasteiger partial charge in [0.1, 0.15) is 0 Å². The van der Waals surface area contributed by atoms with Crippen LogP contribution < -0.4 is 15.9 Å². The second-order valence-electron chi connectivity index (χ2n) is 7.65. The van der Waals surface area contributed by atoms with E-state index in [1.807, 2.05) is 72.8 Å². The standard InChI is InChI=1S/C25H27N2O2P/c28-25(29)26-30(22-13-4-1-5-14-22,23-15-6-2-7-16-23)24-17-9-8-12-21(24)20-27-18-10-3-11-19-27/h1-2,4-9,12-17H,3,10-11,18-20H2,(H,28,29). The summed E-state index contributed by atoms with van der Waals surface area (Å²) >= 11 is 0. The van der Waals surface area contributed by atoms with Gasteiger partial charge in [-0.1, -0.05) is 91.3 Å². The van der Waals surface area contributed by atoms with Crippen LogP contribution >= 0.6 is 7.05 Å². The first kappa shape index (κ1) is 20.6. The Morgan fingerprint density at radius 3 is 1.90 bits per heavy atom. The minimum Gasteiger partial charge on any atom is -0.463 e. The van der Waals surface area contributed by atoms with Gasteiger partial charge in [0.2, 0.25) is 0 Å². The molecule has 0 unspecified atom stereocenters. The molecule has 154 valence electrons. The van der Waals surface area contributed by atoms with E-state index in [2.05, 4.69) is 21.8 Å². The Hall–Kier alpha value is -2.68. The molecule has 4 nitrogen and oxygen atoms in total. The van der Waals surface area contributed by atoms with Gasteiger partial charge in [-0.3, -0.25) is 4.90 Å². The van der Waals surface area contributed by atoms with Crippen LogP contribution in [-0.2, 0) is 6.54 Å². The van der Waals surface area contributed by atoms with Crippen molar-refractivity contribution in [1.29, 1.82) is 0 Å². The Morgan fingerprint density at radius 2 is 1.33 bits per heavy atom. The molecule has 0 spiro atoms. The molecule has 0 atom stereocenters. The topological polar surface area (TPSA) is 52.9 Å². The Labute approximate surface area is 178 Å². The second-order valence-corrected chi connectivity index (χ2v) is 10.6. The van der Waals surface area contributed by atoms with Crippen LogP contribution in [-0.4, -0.2) is 29.2 Å². The fraction of sp³-hybridized carbons (Fsp3) is 0.240. The van der Waals surface area contributed by atoms with E-state index in [-0.39, 0.29) is 0 Å². The van der Waals surface area contributed by atoms with E-state index in [1.165, 1.54) is 24.8 Å². The van der Waals surface area contributed by atoms with Crippen LogP contribution in [0.4, 0.5) is 4.79 Å². The molecule has 0 saturated carbocycles. The fourth-order valence-electron chi connectivity index (χ4n) is 4.33. The van der Waals surface area contributed by atoms with Crippen molar-refractivity contribution in [2.75, 3.05) is 13.1 Å². The number of benzene rings is 3. The third-order valence-electron chi connectivity index (χ3n) is 5.68. The lowest BCUT2D eigenvalue weighted by molar-refractivity contribution is 0.206. The molecular weight excluding hydrogens is 391 g/mol. The van der Waals surface area contributed by atoms with Gasteiger partial charge in [0.15, 0.2) is 0 Å². The number of piperidine rings is 1. The van der Waals surface area contributed by atoms with Gasteiger partial charge < -0.3 is 5.11 Å². The number of hydrogen-bond donors (Lipinski definition) is 1. The lowest BCUT2D eigenvalue weighted by atomic mass is 10.1. The zero-order valence-electron chi connectivity index (χ0n) is 17.0. The Balaban J connectivity index is 1.97. The van der Waals surface area contributed by atoms with E-state index in [0.717, 1.165) is 35.5 Å². The van der Waals surface area contributed by atoms with E-state index in [0.29, 0.717) is 0 Å². The predicted octanol–water partition coefficient (Wildman–Crippen LogP) is 4.83. The number of carboxylic acid groups (broad SMARTS) is 1. The largest absolute Gasteiger partial charge is 0.463 e. The molecule has 0 bridgehead atoms. The molecule has 1 fully saturated rings. The SMILES string of the molecule is O=C(O)N=P(c1ccccc1)(c1ccccc1)c1ccccc1CN1CCCCC1. The van der Waals surface area contributed by atoms with E-state index in [1.54, 1.807) is 0 Å². The van der Waals surface area contributed by atoms with Crippen molar-refractivity contribution in [2.24, 2.45) is 4.74 Å². The first-order valence-electron chi connectivity index (χ1n) is 10.5. The molecule has 1 amide bonds. The van der Waals surface area contributed by atoms with Gasteiger partial charge in [-0.15, -0.1) is 0 Å². The molecule has 3 aromatic carbocycles. The third-order valence-corrected chi connectivity index (χ3v) is 9.37. The van der Waals surface area contributed by atoms with Crippen LogP contribution in [0.5, 0.6) is 0 Å². The maximum absolute atomic E-state index is 12.1. The van der Waals surface area contributed by atoms with Gasteiger partial charge in [-0.25, -0.2) is 4.79 Å². The van der Waals surface area contributed by atoms with Gasteiger partial charge in [0.05, 0.1) is 7.05 Å². The number of amides is 1. The summed E-state index contributed by atoms with van der Waals surface area (Å²) in [6.07, 6.45) is 2.61. The van der Waals surface area contributed by atoms with Crippen molar-refractivity contribution in [3.8, 4) is 0 Å². The second kappa shape index (κ2) is 9.42. The van der Waals surface area contributed by atoms with Gasteiger partial charge in [0.25, 0.3) is 0 Å². The summed E-state index contributed by atoms with van der Waals surface area (Å²) in [6.45, 7) is 3.01. The molecule has 1 saturated heterocycles. The summed E-state index contributed by atoms with van der Waals surface area (Å²) in [7, 11) is -2.72. The molecule has 1 aliphatic heterocycles. The molecule has 1 N–H and O–H groups in total. The van der Waals surface area contributed by atoms with Crippen molar-refractivity contribution in [3.63, 3.8) is 0 Å². The molecule has 4 rings (SSSR count). The minimum absolute atomic E-state index is 0.826. The first-order chi connectivity index (χ1) is 14.7. The molecule has 30 heavy (non-hydrogen) atoms. The van der Waals surface area contributed by atoms with Crippen LogP contribution in [0, 0.1) is 0 Å². The van der Waals surface area contributed by atoms with Crippen molar-refractivity contribution in [1.82, 2.24) is 4.90 Å². The number of rotatable bonds is 5. The van der Waals surface area contributed by atoms with Gasteiger partial charge in [0, 0.05) is 22.5 Å². The van der Waals surface area contributed by atoms with E-state index in [4.69, 9.17) is 0 Å². The highest BCUT2D eigenvalue weighted by molar-refractivity contribution is 7.87. The first-order valence-corrected chi connectivity index (χ1v) is 12.2. The smallest absolute Gasteiger partial charge is 0.430 e. The van der Waals surface area contributed by atoms with E-state index >= 15 is 0 Å². The maximum atomic E-state index is 12.1. The number of nitrogens with zero attached hydrogens (tertiary/aromatic N) is 2. The van der Waals surface area contributed by atoms with Crippen LogP contribution in [0.25, 0.3) is 0 Å². The number of carbonyl (C=O) groups is 1. The Bertz CT molecular complexity index is 1000. The molecule has 1 heterocycles. The Morgan fingerprint density at radius 1 is 0.800 bits per heavy atom. The van der Waals surface area contributed by atoms with Gasteiger partial charge >= 0.3 is 6.09 Å². The van der Waals surface area contributed by atoms with Crippen LogP contribution in [0.15, 0.2) is 89.7 Å². The quantitative estimate of drug-likeness (QED) is 0.604. The van der Waals surface area contributed by atoms with Crippen molar-refractivity contribution in [2.45, 2.75) is 25.8 Å².